The number of aromatic nitrogens is 1. The summed E-state index contributed by atoms with van der Waals surface area (Å²) in [6.45, 7) is 1.35. The average molecular weight is 402 g/mol. The van der Waals surface area contributed by atoms with E-state index in [1.54, 1.807) is 0 Å². The fourth-order valence-electron chi connectivity index (χ4n) is 2.89. The number of anilines is 1. The molecule has 0 amide bonds. The van der Waals surface area contributed by atoms with Crippen molar-refractivity contribution in [1.82, 2.24) is 5.16 Å². The van der Waals surface area contributed by atoms with Crippen molar-refractivity contribution in [2.45, 2.75) is 31.9 Å². The summed E-state index contributed by atoms with van der Waals surface area (Å²) >= 11 is 0. The Kier molecular flexibility index (Phi) is 4.79. The van der Waals surface area contributed by atoms with Crippen LogP contribution in [0.15, 0.2) is 28.9 Å². The van der Waals surface area contributed by atoms with Crippen molar-refractivity contribution in [2.24, 2.45) is 0 Å². The summed E-state index contributed by atoms with van der Waals surface area (Å²) in [6, 6.07) is 2.44. The number of rotatable bonds is 6. The van der Waals surface area contributed by atoms with Crippen LogP contribution in [0, 0.1) is 0 Å². The first-order valence-corrected chi connectivity index (χ1v) is 10.1. The van der Waals surface area contributed by atoms with E-state index in [1.165, 1.54) is 13.1 Å². The molecule has 0 radical (unpaired) electrons. The highest BCUT2D eigenvalue weighted by molar-refractivity contribution is 7.92. The smallest absolute Gasteiger partial charge is 0.360 e. The van der Waals surface area contributed by atoms with Gasteiger partial charge in [0, 0.05) is 18.0 Å². The first-order chi connectivity index (χ1) is 12.5. The molecule has 2 aromatic rings. The molecule has 1 aliphatic rings. The van der Waals surface area contributed by atoms with Gasteiger partial charge in [-0.15, -0.1) is 0 Å². The van der Waals surface area contributed by atoms with Crippen molar-refractivity contribution in [3.05, 3.63) is 46.8 Å². The molecule has 10 heteroatoms. The maximum atomic E-state index is 13.1. The molecule has 1 aromatic heterocycles. The van der Waals surface area contributed by atoms with Crippen LogP contribution in [-0.4, -0.2) is 32.2 Å². The fourth-order valence-corrected chi connectivity index (χ4v) is 3.87. The molecule has 1 saturated carbocycles. The van der Waals surface area contributed by atoms with Crippen molar-refractivity contribution < 1.29 is 30.9 Å². The van der Waals surface area contributed by atoms with Crippen LogP contribution in [-0.2, 0) is 16.2 Å². The second-order valence-corrected chi connectivity index (χ2v) is 8.27. The number of carbonyl (C=O) groups excluding carboxylic acids is 1. The Morgan fingerprint density at radius 1 is 1.30 bits per heavy atom. The van der Waals surface area contributed by atoms with E-state index in [1.807, 2.05) is 0 Å². The van der Waals surface area contributed by atoms with E-state index in [2.05, 4.69) is 5.16 Å². The third-order valence-corrected chi connectivity index (χ3v) is 5.57. The van der Waals surface area contributed by atoms with E-state index in [9.17, 15) is 26.4 Å². The first-order valence-electron chi connectivity index (χ1n) is 8.22. The highest BCUT2D eigenvalue weighted by Crippen LogP contribution is 2.43. The van der Waals surface area contributed by atoms with Gasteiger partial charge in [-0.3, -0.25) is 9.10 Å². The second-order valence-electron chi connectivity index (χ2n) is 6.36. The lowest BCUT2D eigenvalue weighted by Gasteiger charge is -2.24. The van der Waals surface area contributed by atoms with Gasteiger partial charge in [-0.05, 0) is 38.0 Å². The fraction of sp³-hybridized carbons (Fsp3) is 0.412. The van der Waals surface area contributed by atoms with Gasteiger partial charge >= 0.3 is 6.18 Å². The summed E-state index contributed by atoms with van der Waals surface area (Å²) in [4.78, 5) is 13.0. The summed E-state index contributed by atoms with van der Waals surface area (Å²) < 4.78 is 69.5. The van der Waals surface area contributed by atoms with Gasteiger partial charge < -0.3 is 4.52 Å². The third-order valence-electron chi connectivity index (χ3n) is 4.32. The lowest BCUT2D eigenvalue weighted by atomic mass is 9.99. The standard InChI is InChI=1S/C17H17F3N2O4S/c1-3-22(27(2,24)25)14-8-11(17(18,19)20)6-7-12(14)15(23)13-9-21-26-16(13)10-4-5-10/h6-10H,3-5H2,1-2H3. The van der Waals surface area contributed by atoms with Gasteiger partial charge in [-0.1, -0.05) is 5.16 Å². The largest absolute Gasteiger partial charge is 0.416 e. The Balaban J connectivity index is 2.16. The Hall–Kier alpha value is -2.36. The summed E-state index contributed by atoms with van der Waals surface area (Å²) in [6.07, 6.45) is -0.919. The molecule has 1 aromatic carbocycles. The molecule has 27 heavy (non-hydrogen) atoms. The normalized spacial score (nSPS) is 15.0. The van der Waals surface area contributed by atoms with E-state index in [0.29, 0.717) is 11.8 Å². The lowest BCUT2D eigenvalue weighted by molar-refractivity contribution is -0.137. The quantitative estimate of drug-likeness (QED) is 0.690. The third kappa shape index (κ3) is 3.85. The molecular formula is C17H17F3N2O4S. The van der Waals surface area contributed by atoms with E-state index < -0.39 is 27.5 Å². The molecule has 3 rings (SSSR count). The zero-order chi connectivity index (χ0) is 20.0. The minimum Gasteiger partial charge on any atom is -0.360 e. The van der Waals surface area contributed by atoms with Crippen LogP contribution in [0.5, 0.6) is 0 Å². The minimum atomic E-state index is -4.68. The number of alkyl halides is 3. The predicted octanol–water partition coefficient (Wildman–Crippen LogP) is 3.59. The Morgan fingerprint density at radius 2 is 1.96 bits per heavy atom. The summed E-state index contributed by atoms with van der Waals surface area (Å²) in [5.41, 5.74) is -1.37. The Bertz CT molecular complexity index is 978. The summed E-state index contributed by atoms with van der Waals surface area (Å²) in [7, 11) is -3.89. The maximum absolute atomic E-state index is 13.1. The average Bonchev–Trinajstić information content (AvgIpc) is 3.29. The highest BCUT2D eigenvalue weighted by Gasteiger charge is 2.36. The van der Waals surface area contributed by atoms with Gasteiger partial charge in [-0.2, -0.15) is 13.2 Å². The van der Waals surface area contributed by atoms with Gasteiger partial charge in [0.05, 0.1) is 29.3 Å². The zero-order valence-corrected chi connectivity index (χ0v) is 15.4. The zero-order valence-electron chi connectivity index (χ0n) is 14.6. The number of carbonyl (C=O) groups is 1. The Morgan fingerprint density at radius 3 is 2.48 bits per heavy atom. The van der Waals surface area contributed by atoms with Crippen molar-refractivity contribution in [3.8, 4) is 0 Å². The van der Waals surface area contributed by atoms with Gasteiger partial charge in [-0.25, -0.2) is 8.42 Å². The lowest BCUT2D eigenvalue weighted by Crippen LogP contribution is -2.31. The molecule has 0 aliphatic heterocycles. The number of nitrogens with zero attached hydrogens (tertiary/aromatic N) is 2. The van der Waals surface area contributed by atoms with Crippen LogP contribution in [0.1, 0.15) is 52.9 Å². The number of hydrogen-bond acceptors (Lipinski definition) is 5. The molecule has 6 nitrogen and oxygen atoms in total. The number of hydrogen-bond donors (Lipinski definition) is 0. The molecule has 0 bridgehead atoms. The number of ketones is 1. The number of sulfonamides is 1. The van der Waals surface area contributed by atoms with Crippen LogP contribution in [0.4, 0.5) is 18.9 Å². The van der Waals surface area contributed by atoms with E-state index in [4.69, 9.17) is 4.52 Å². The van der Waals surface area contributed by atoms with Crippen molar-refractivity contribution in [2.75, 3.05) is 17.1 Å². The highest BCUT2D eigenvalue weighted by atomic mass is 32.2. The molecule has 0 spiro atoms. The van der Waals surface area contributed by atoms with Gasteiger partial charge in [0.1, 0.15) is 0 Å². The second kappa shape index (κ2) is 6.66. The molecule has 1 heterocycles. The monoisotopic (exact) mass is 402 g/mol. The summed E-state index contributed by atoms with van der Waals surface area (Å²) in [5.74, 6) is -0.182. The minimum absolute atomic E-state index is 0.0570. The number of benzene rings is 1. The van der Waals surface area contributed by atoms with Crippen LogP contribution < -0.4 is 4.31 Å². The van der Waals surface area contributed by atoms with Crippen LogP contribution in [0.3, 0.4) is 0 Å². The van der Waals surface area contributed by atoms with Crippen molar-refractivity contribution >= 4 is 21.5 Å². The van der Waals surface area contributed by atoms with Gasteiger partial charge in [0.2, 0.25) is 10.0 Å². The van der Waals surface area contributed by atoms with E-state index in [-0.39, 0.29) is 29.3 Å². The SMILES string of the molecule is CCN(c1cc(C(F)(F)F)ccc1C(=O)c1cnoc1C1CC1)S(C)(=O)=O. The van der Waals surface area contributed by atoms with Gasteiger partial charge in [0.15, 0.2) is 11.5 Å². The molecule has 0 atom stereocenters. The van der Waals surface area contributed by atoms with Crippen LogP contribution in [0.2, 0.25) is 0 Å². The van der Waals surface area contributed by atoms with Gasteiger partial charge in [0.25, 0.3) is 0 Å². The maximum Gasteiger partial charge on any atom is 0.416 e. The molecular weight excluding hydrogens is 385 g/mol. The molecule has 146 valence electrons. The molecule has 0 N–H and O–H groups in total. The van der Waals surface area contributed by atoms with Crippen LogP contribution in [0.25, 0.3) is 0 Å². The molecule has 0 unspecified atom stereocenters. The molecule has 1 fully saturated rings. The number of halogens is 3. The Labute approximate surface area is 154 Å². The molecule has 0 saturated heterocycles. The topological polar surface area (TPSA) is 80.5 Å². The summed E-state index contributed by atoms with van der Waals surface area (Å²) in [5, 5.41) is 3.62. The van der Waals surface area contributed by atoms with Crippen molar-refractivity contribution in [3.63, 3.8) is 0 Å². The van der Waals surface area contributed by atoms with E-state index >= 15 is 0 Å². The van der Waals surface area contributed by atoms with Crippen molar-refractivity contribution in [1.29, 1.82) is 0 Å². The first kappa shape index (κ1) is 19.4. The van der Waals surface area contributed by atoms with Crippen LogP contribution >= 0.6 is 0 Å². The predicted molar refractivity (Wildman–Crippen MR) is 91.2 cm³/mol. The van der Waals surface area contributed by atoms with E-state index in [0.717, 1.165) is 35.5 Å². The molecule has 1 aliphatic carbocycles.